The van der Waals surface area contributed by atoms with Crippen molar-refractivity contribution in [1.29, 1.82) is 0 Å². The van der Waals surface area contributed by atoms with Crippen LogP contribution in [0, 0.1) is 0 Å². The van der Waals surface area contributed by atoms with Crippen LogP contribution in [0.4, 0.5) is 0 Å². The van der Waals surface area contributed by atoms with E-state index >= 15 is 0 Å². The van der Waals surface area contributed by atoms with Crippen molar-refractivity contribution in [2.75, 3.05) is 7.11 Å². The molecule has 0 aliphatic carbocycles. The summed E-state index contributed by atoms with van der Waals surface area (Å²) < 4.78 is 11.2. The predicted octanol–water partition coefficient (Wildman–Crippen LogP) is 7.31. The third-order valence-corrected chi connectivity index (χ3v) is 5.61. The Hall–Kier alpha value is -2.15. The Morgan fingerprint density at radius 2 is 1.62 bits per heavy atom. The lowest BCUT2D eigenvalue weighted by molar-refractivity contribution is 0.0955. The van der Waals surface area contributed by atoms with Gasteiger partial charge in [-0.05, 0) is 48.0 Å². The fraction of sp³-hybridized carbons (Fsp3) is 0.0909. The van der Waals surface area contributed by atoms with Crippen molar-refractivity contribution >= 4 is 70.1 Å². The first kappa shape index (κ1) is 24.5. The van der Waals surface area contributed by atoms with Crippen molar-refractivity contribution in [2.45, 2.75) is 6.61 Å². The molecule has 0 aliphatic rings. The number of ether oxygens (including phenoxy) is 2. The van der Waals surface area contributed by atoms with Crippen molar-refractivity contribution in [3.8, 4) is 11.5 Å². The Bertz CT molecular complexity index is 1180. The van der Waals surface area contributed by atoms with Crippen LogP contribution in [0.5, 0.6) is 11.5 Å². The molecule has 0 atom stereocenters. The third kappa shape index (κ3) is 6.21. The number of carbonyl (C=O) groups is 1. The molecule has 0 fully saturated rings. The normalized spacial score (nSPS) is 10.9. The average Bonchev–Trinajstić information content (AvgIpc) is 2.73. The summed E-state index contributed by atoms with van der Waals surface area (Å²) in [6.45, 7) is 0.164. The first-order valence-corrected chi connectivity index (χ1v) is 10.9. The highest BCUT2D eigenvalue weighted by Crippen LogP contribution is 2.37. The molecule has 5 nitrogen and oxygen atoms in total. The summed E-state index contributed by atoms with van der Waals surface area (Å²) in [4.78, 5) is 12.2. The second-order valence-corrected chi connectivity index (χ2v) is 8.48. The van der Waals surface area contributed by atoms with Crippen LogP contribution in [0.3, 0.4) is 0 Å². The highest BCUT2D eigenvalue weighted by molar-refractivity contribution is 6.37. The number of amides is 1. The van der Waals surface area contributed by atoms with Gasteiger partial charge in [0.15, 0.2) is 11.5 Å². The number of nitrogens with zero attached hydrogens (tertiary/aromatic N) is 1. The van der Waals surface area contributed by atoms with Crippen LogP contribution in [0.15, 0.2) is 53.6 Å². The number of hydrazone groups is 1. The van der Waals surface area contributed by atoms with Crippen LogP contribution in [-0.4, -0.2) is 19.2 Å². The fourth-order valence-corrected chi connectivity index (χ4v) is 3.87. The SMILES string of the molecule is COc1cc(/C=N\NC(=O)c2ccc(Cl)cc2Cl)cc(Cl)c1OCc1ccc(Cl)cc1Cl. The Morgan fingerprint density at radius 3 is 2.28 bits per heavy atom. The molecule has 0 radical (unpaired) electrons. The van der Waals surface area contributed by atoms with E-state index in [1.54, 1.807) is 36.4 Å². The van der Waals surface area contributed by atoms with Gasteiger partial charge in [0.2, 0.25) is 0 Å². The van der Waals surface area contributed by atoms with E-state index in [0.29, 0.717) is 37.2 Å². The minimum atomic E-state index is -0.485. The van der Waals surface area contributed by atoms with E-state index in [1.807, 2.05) is 0 Å². The maximum Gasteiger partial charge on any atom is 0.272 e. The number of methoxy groups -OCH3 is 1. The van der Waals surface area contributed by atoms with Gasteiger partial charge in [-0.3, -0.25) is 4.79 Å². The quantitative estimate of drug-likeness (QED) is 0.256. The molecule has 3 rings (SSSR count). The maximum atomic E-state index is 12.2. The molecule has 32 heavy (non-hydrogen) atoms. The molecule has 10 heteroatoms. The molecular formula is C22H15Cl5N2O3. The maximum absolute atomic E-state index is 12.2. The van der Waals surface area contributed by atoms with Crippen molar-refractivity contribution < 1.29 is 14.3 Å². The molecule has 3 aromatic rings. The molecule has 0 aromatic heterocycles. The second-order valence-electron chi connectivity index (χ2n) is 6.38. The number of hydrogen-bond donors (Lipinski definition) is 1. The van der Waals surface area contributed by atoms with E-state index in [9.17, 15) is 4.79 Å². The lowest BCUT2D eigenvalue weighted by Gasteiger charge is -2.14. The standard InChI is InChI=1S/C22H15Cl5N2O3/c1-31-20-7-12(10-28-29-22(30)16-5-4-15(24)9-18(16)26)6-19(27)21(20)32-11-13-2-3-14(23)8-17(13)25/h2-10H,11H2,1H3,(H,29,30)/b28-10-. The van der Waals surface area contributed by atoms with Crippen molar-refractivity contribution in [3.63, 3.8) is 0 Å². The number of carbonyl (C=O) groups excluding carboxylic acids is 1. The van der Waals surface area contributed by atoms with Gasteiger partial charge in [0.1, 0.15) is 6.61 Å². The largest absolute Gasteiger partial charge is 0.493 e. The van der Waals surface area contributed by atoms with E-state index in [1.165, 1.54) is 25.5 Å². The van der Waals surface area contributed by atoms with E-state index in [-0.39, 0.29) is 17.2 Å². The molecule has 0 saturated heterocycles. The van der Waals surface area contributed by atoms with Crippen LogP contribution in [-0.2, 0) is 6.61 Å². The lowest BCUT2D eigenvalue weighted by Crippen LogP contribution is -2.18. The summed E-state index contributed by atoms with van der Waals surface area (Å²) in [7, 11) is 1.49. The Kier molecular flexibility index (Phi) is 8.51. The van der Waals surface area contributed by atoms with Crippen LogP contribution in [0.2, 0.25) is 25.1 Å². The number of halogens is 5. The lowest BCUT2D eigenvalue weighted by atomic mass is 10.2. The first-order valence-electron chi connectivity index (χ1n) is 9.01. The van der Waals surface area contributed by atoms with Gasteiger partial charge in [-0.1, -0.05) is 64.1 Å². The van der Waals surface area contributed by atoms with Gasteiger partial charge in [-0.25, -0.2) is 5.43 Å². The van der Waals surface area contributed by atoms with Gasteiger partial charge >= 0.3 is 0 Å². The number of nitrogens with one attached hydrogen (secondary N) is 1. The van der Waals surface area contributed by atoms with Gasteiger partial charge in [0.05, 0.1) is 28.9 Å². The van der Waals surface area contributed by atoms with Crippen LogP contribution < -0.4 is 14.9 Å². The second kappa shape index (κ2) is 11.1. The summed E-state index contributed by atoms with van der Waals surface area (Å²) in [5.74, 6) is 0.242. The summed E-state index contributed by atoms with van der Waals surface area (Å²) in [5, 5.41) is 5.89. The molecule has 0 aliphatic heterocycles. The van der Waals surface area contributed by atoms with Gasteiger partial charge in [-0.15, -0.1) is 0 Å². The van der Waals surface area contributed by atoms with Gasteiger partial charge in [-0.2, -0.15) is 5.10 Å². The fourth-order valence-electron chi connectivity index (χ4n) is 2.64. The average molecular weight is 533 g/mol. The van der Waals surface area contributed by atoms with E-state index in [4.69, 9.17) is 67.5 Å². The number of hydrogen-bond acceptors (Lipinski definition) is 4. The molecule has 0 unspecified atom stereocenters. The molecule has 3 aromatic carbocycles. The molecule has 1 amide bonds. The zero-order valence-corrected chi connectivity index (χ0v) is 20.2. The number of rotatable bonds is 7. The van der Waals surface area contributed by atoms with Crippen LogP contribution in [0.1, 0.15) is 21.5 Å². The van der Waals surface area contributed by atoms with Crippen molar-refractivity contribution in [3.05, 3.63) is 90.3 Å². The molecule has 0 heterocycles. The Balaban J connectivity index is 1.71. The topological polar surface area (TPSA) is 59.9 Å². The summed E-state index contributed by atoms with van der Waals surface area (Å²) in [6.07, 6.45) is 1.41. The monoisotopic (exact) mass is 530 g/mol. The van der Waals surface area contributed by atoms with E-state index in [2.05, 4.69) is 10.5 Å². The van der Waals surface area contributed by atoms with E-state index in [0.717, 1.165) is 5.56 Å². The predicted molar refractivity (Wildman–Crippen MR) is 130 cm³/mol. The molecule has 0 saturated carbocycles. The highest BCUT2D eigenvalue weighted by Gasteiger charge is 2.14. The van der Waals surface area contributed by atoms with Gasteiger partial charge in [0.25, 0.3) is 5.91 Å². The Morgan fingerprint density at radius 1 is 0.938 bits per heavy atom. The van der Waals surface area contributed by atoms with Crippen molar-refractivity contribution in [1.82, 2.24) is 5.43 Å². The minimum absolute atomic E-state index is 0.164. The van der Waals surface area contributed by atoms with E-state index < -0.39 is 5.91 Å². The summed E-state index contributed by atoms with van der Waals surface area (Å²) in [6, 6.07) is 12.9. The molecular weight excluding hydrogens is 518 g/mol. The number of benzene rings is 3. The molecule has 0 spiro atoms. The highest BCUT2D eigenvalue weighted by atomic mass is 35.5. The molecule has 1 N–H and O–H groups in total. The van der Waals surface area contributed by atoms with Crippen molar-refractivity contribution in [2.24, 2.45) is 5.10 Å². The summed E-state index contributed by atoms with van der Waals surface area (Å²) in [5.41, 5.74) is 3.96. The zero-order valence-electron chi connectivity index (χ0n) is 16.5. The van der Waals surface area contributed by atoms with Gasteiger partial charge < -0.3 is 9.47 Å². The summed E-state index contributed by atoms with van der Waals surface area (Å²) >= 11 is 30.4. The van der Waals surface area contributed by atoms with Gasteiger partial charge in [0, 0.05) is 20.6 Å². The zero-order chi connectivity index (χ0) is 23.3. The molecule has 0 bridgehead atoms. The van der Waals surface area contributed by atoms with Crippen LogP contribution in [0.25, 0.3) is 0 Å². The molecule has 166 valence electrons. The van der Waals surface area contributed by atoms with Crippen LogP contribution >= 0.6 is 58.0 Å². The Labute approximate surface area is 209 Å². The first-order chi connectivity index (χ1) is 15.3. The smallest absolute Gasteiger partial charge is 0.272 e. The third-order valence-electron chi connectivity index (χ3n) is 4.19. The minimum Gasteiger partial charge on any atom is -0.493 e.